The third-order valence-corrected chi connectivity index (χ3v) is 2.32. The third-order valence-electron chi connectivity index (χ3n) is 1.23. The fourth-order valence-corrected chi connectivity index (χ4v) is 0.758. The highest BCUT2D eigenvalue weighted by Gasteiger charge is 2.40. The van der Waals surface area contributed by atoms with E-state index in [4.69, 9.17) is 46.4 Å². The van der Waals surface area contributed by atoms with Gasteiger partial charge in [-0.25, -0.2) is 17.6 Å². The zero-order valence-electron chi connectivity index (χ0n) is 7.00. The molecule has 0 aliphatic rings. The van der Waals surface area contributed by atoms with E-state index >= 15 is 0 Å². The van der Waals surface area contributed by atoms with Crippen LogP contribution in [0, 0.1) is 0 Å². The first-order valence-corrected chi connectivity index (χ1v) is 5.00. The summed E-state index contributed by atoms with van der Waals surface area (Å²) in [6, 6.07) is 0. The van der Waals surface area contributed by atoms with Gasteiger partial charge in [0.2, 0.25) is 8.67 Å². The minimum atomic E-state index is -3.08. The van der Waals surface area contributed by atoms with E-state index in [1.54, 1.807) is 0 Å². The van der Waals surface area contributed by atoms with Crippen LogP contribution in [-0.2, 0) is 4.74 Å². The SMILES string of the molecule is FC(F)C(Cl)(Cl)COCC(Cl)(Cl)C(F)F. The van der Waals surface area contributed by atoms with Crippen LogP contribution in [0.5, 0.6) is 0 Å². The molecule has 0 spiro atoms. The molecule has 0 atom stereocenters. The molecule has 0 aromatic carbocycles. The molecular formula is C6H6Cl4F4O. The summed E-state index contributed by atoms with van der Waals surface area (Å²) in [5.41, 5.74) is 0. The van der Waals surface area contributed by atoms with Crippen LogP contribution in [0.2, 0.25) is 0 Å². The Morgan fingerprint density at radius 1 is 0.800 bits per heavy atom. The lowest BCUT2D eigenvalue weighted by molar-refractivity contribution is 0.0276. The quantitative estimate of drug-likeness (QED) is 0.534. The van der Waals surface area contributed by atoms with Crippen molar-refractivity contribution >= 4 is 46.4 Å². The summed E-state index contributed by atoms with van der Waals surface area (Å²) in [7, 11) is 0. The molecular weight excluding hydrogens is 306 g/mol. The Labute approximate surface area is 104 Å². The molecule has 0 saturated carbocycles. The average Bonchev–Trinajstić information content (AvgIpc) is 2.02. The summed E-state index contributed by atoms with van der Waals surface area (Å²) >= 11 is 20.4. The van der Waals surface area contributed by atoms with Crippen LogP contribution < -0.4 is 0 Å². The van der Waals surface area contributed by atoms with E-state index < -0.39 is 34.7 Å². The molecule has 0 aromatic heterocycles. The van der Waals surface area contributed by atoms with Crippen molar-refractivity contribution in [2.24, 2.45) is 0 Å². The molecule has 0 aliphatic heterocycles. The van der Waals surface area contributed by atoms with E-state index in [0.717, 1.165) is 0 Å². The van der Waals surface area contributed by atoms with Crippen molar-refractivity contribution in [3.05, 3.63) is 0 Å². The molecule has 0 unspecified atom stereocenters. The average molecular weight is 312 g/mol. The van der Waals surface area contributed by atoms with E-state index in [1.807, 2.05) is 0 Å². The summed E-state index contributed by atoms with van der Waals surface area (Å²) in [6.07, 6.45) is -6.15. The summed E-state index contributed by atoms with van der Waals surface area (Å²) in [5.74, 6) is 0. The Kier molecular flexibility index (Phi) is 6.29. The van der Waals surface area contributed by atoms with Crippen molar-refractivity contribution < 1.29 is 22.3 Å². The molecule has 0 aromatic rings. The largest absolute Gasteiger partial charge is 0.375 e. The minimum absolute atomic E-state index is 0.859. The van der Waals surface area contributed by atoms with Gasteiger partial charge in [-0.05, 0) is 0 Å². The first-order valence-electron chi connectivity index (χ1n) is 3.49. The molecule has 92 valence electrons. The van der Waals surface area contributed by atoms with Gasteiger partial charge in [-0.3, -0.25) is 0 Å². The molecule has 0 rings (SSSR count). The number of hydrogen-bond acceptors (Lipinski definition) is 1. The maximum atomic E-state index is 12.0. The van der Waals surface area contributed by atoms with Crippen LogP contribution in [0.1, 0.15) is 0 Å². The van der Waals surface area contributed by atoms with E-state index in [-0.39, 0.29) is 0 Å². The van der Waals surface area contributed by atoms with Crippen LogP contribution in [0.25, 0.3) is 0 Å². The standard InChI is InChI=1S/C6H6Cl4F4O/c7-5(8,3(11)12)1-15-2-6(9,10)4(13)14/h3-4H,1-2H2. The Morgan fingerprint density at radius 3 is 1.27 bits per heavy atom. The molecule has 9 heteroatoms. The Hall–Kier alpha value is 0.840. The minimum Gasteiger partial charge on any atom is -0.375 e. The predicted molar refractivity (Wildman–Crippen MR) is 51.7 cm³/mol. The van der Waals surface area contributed by atoms with Gasteiger partial charge >= 0.3 is 0 Å². The van der Waals surface area contributed by atoms with Gasteiger partial charge in [0.1, 0.15) is 0 Å². The van der Waals surface area contributed by atoms with Gasteiger partial charge in [-0.1, -0.05) is 46.4 Å². The van der Waals surface area contributed by atoms with Gasteiger partial charge < -0.3 is 4.74 Å². The molecule has 15 heavy (non-hydrogen) atoms. The third kappa shape index (κ3) is 5.63. The lowest BCUT2D eigenvalue weighted by Gasteiger charge is -2.22. The molecule has 0 heterocycles. The number of ether oxygens (including phenoxy) is 1. The maximum absolute atomic E-state index is 12.0. The van der Waals surface area contributed by atoms with E-state index in [1.165, 1.54) is 0 Å². The van der Waals surface area contributed by atoms with Crippen LogP contribution in [0.3, 0.4) is 0 Å². The molecule has 0 radical (unpaired) electrons. The second kappa shape index (κ2) is 5.96. The van der Waals surface area contributed by atoms with Gasteiger partial charge in [-0.2, -0.15) is 0 Å². The maximum Gasteiger partial charge on any atom is 0.273 e. The summed E-state index contributed by atoms with van der Waals surface area (Å²) in [4.78, 5) is 0. The van der Waals surface area contributed by atoms with Crippen molar-refractivity contribution in [2.75, 3.05) is 13.2 Å². The van der Waals surface area contributed by atoms with E-state index in [0.29, 0.717) is 0 Å². The summed E-state index contributed by atoms with van der Waals surface area (Å²) in [6.45, 7) is -1.72. The molecule has 0 aliphatic carbocycles. The second-order valence-electron chi connectivity index (χ2n) is 2.62. The first kappa shape index (κ1) is 15.8. The number of alkyl halides is 8. The highest BCUT2D eigenvalue weighted by atomic mass is 35.5. The Balaban J connectivity index is 4.00. The molecule has 0 saturated heterocycles. The van der Waals surface area contributed by atoms with Gasteiger partial charge in [0.25, 0.3) is 12.9 Å². The number of halogens is 8. The highest BCUT2D eigenvalue weighted by Crippen LogP contribution is 2.32. The number of rotatable bonds is 6. The van der Waals surface area contributed by atoms with Crippen LogP contribution in [0.15, 0.2) is 0 Å². The zero-order valence-corrected chi connectivity index (χ0v) is 10.0. The van der Waals surface area contributed by atoms with E-state index in [9.17, 15) is 17.6 Å². The van der Waals surface area contributed by atoms with Gasteiger partial charge in [0.15, 0.2) is 0 Å². The van der Waals surface area contributed by atoms with Crippen LogP contribution >= 0.6 is 46.4 Å². The second-order valence-corrected chi connectivity index (χ2v) is 5.70. The molecule has 0 fully saturated rings. The van der Waals surface area contributed by atoms with Crippen molar-refractivity contribution in [1.82, 2.24) is 0 Å². The predicted octanol–water partition coefficient (Wildman–Crippen LogP) is 3.88. The van der Waals surface area contributed by atoms with Crippen molar-refractivity contribution in [3.8, 4) is 0 Å². The Bertz CT molecular complexity index is 180. The Morgan fingerprint density at radius 2 is 1.07 bits per heavy atom. The summed E-state index contributed by atoms with van der Waals surface area (Å²) in [5, 5.41) is 0. The lowest BCUT2D eigenvalue weighted by atomic mass is 10.4. The smallest absolute Gasteiger partial charge is 0.273 e. The van der Waals surface area contributed by atoms with Crippen LogP contribution in [0.4, 0.5) is 17.6 Å². The fourth-order valence-electron chi connectivity index (χ4n) is 0.449. The van der Waals surface area contributed by atoms with Crippen molar-refractivity contribution in [2.45, 2.75) is 21.5 Å². The van der Waals surface area contributed by atoms with Gasteiger partial charge in [-0.15, -0.1) is 0 Å². The lowest BCUT2D eigenvalue weighted by Crippen LogP contribution is -2.35. The van der Waals surface area contributed by atoms with Crippen molar-refractivity contribution in [3.63, 3.8) is 0 Å². The summed E-state index contributed by atoms with van der Waals surface area (Å²) < 4.78 is 47.6. The molecule has 1 nitrogen and oxygen atoms in total. The normalized spacial score (nSPS) is 14.0. The number of hydrogen-bond donors (Lipinski definition) is 0. The van der Waals surface area contributed by atoms with E-state index in [2.05, 4.69) is 4.74 Å². The van der Waals surface area contributed by atoms with Gasteiger partial charge in [0.05, 0.1) is 13.2 Å². The van der Waals surface area contributed by atoms with Gasteiger partial charge in [0, 0.05) is 0 Å². The topological polar surface area (TPSA) is 9.23 Å². The first-order chi connectivity index (χ1) is 6.59. The zero-order chi connectivity index (χ0) is 12.3. The fraction of sp³-hybridized carbons (Fsp3) is 1.00. The van der Waals surface area contributed by atoms with Crippen LogP contribution in [-0.4, -0.2) is 34.7 Å². The molecule has 0 N–H and O–H groups in total. The molecule has 0 amide bonds. The van der Waals surface area contributed by atoms with Crippen molar-refractivity contribution in [1.29, 1.82) is 0 Å². The highest BCUT2D eigenvalue weighted by molar-refractivity contribution is 6.49. The molecule has 0 bridgehead atoms. The monoisotopic (exact) mass is 310 g/mol.